The van der Waals surface area contributed by atoms with Crippen LogP contribution in [0.1, 0.15) is 24.4 Å². The molecule has 3 rings (SSSR count). The van der Waals surface area contributed by atoms with E-state index in [9.17, 15) is 14.9 Å². The fourth-order valence-electron chi connectivity index (χ4n) is 3.62. The van der Waals surface area contributed by atoms with Gasteiger partial charge in [0.15, 0.2) is 5.58 Å². The summed E-state index contributed by atoms with van der Waals surface area (Å²) < 4.78 is 6.25. The molecular weight excluding hydrogens is 360 g/mol. The summed E-state index contributed by atoms with van der Waals surface area (Å²) in [6, 6.07) is 14.4. The number of nitro groups is 1. The normalized spacial score (nSPS) is 12.8. The third-order valence-corrected chi connectivity index (χ3v) is 4.88. The molecule has 0 radical (unpaired) electrons. The van der Waals surface area contributed by atoms with Crippen molar-refractivity contribution >= 4 is 22.8 Å². The van der Waals surface area contributed by atoms with Crippen LogP contribution >= 0.6 is 0 Å². The fraction of sp³-hybridized carbons (Fsp3) is 0.286. The molecule has 1 N–H and O–H groups in total. The molecule has 0 aliphatic heterocycles. The molecule has 0 bridgehead atoms. The molecule has 0 spiro atoms. The van der Waals surface area contributed by atoms with E-state index in [0.29, 0.717) is 33.0 Å². The van der Waals surface area contributed by atoms with Crippen LogP contribution < -0.4 is 0 Å². The molecule has 7 heteroatoms. The van der Waals surface area contributed by atoms with Crippen LogP contribution in [0.15, 0.2) is 52.9 Å². The zero-order valence-electron chi connectivity index (χ0n) is 16.1. The van der Waals surface area contributed by atoms with Gasteiger partial charge in [0.2, 0.25) is 0 Å². The number of carboxylic acids is 1. The topological polar surface area (TPSA) is 93.6 Å². The maximum absolute atomic E-state index is 11.7. The van der Waals surface area contributed by atoms with Crippen molar-refractivity contribution in [2.45, 2.75) is 18.9 Å². The monoisotopic (exact) mass is 383 g/mol. The van der Waals surface area contributed by atoms with Crippen molar-refractivity contribution in [3.8, 4) is 11.1 Å². The molecule has 1 aromatic heterocycles. The van der Waals surface area contributed by atoms with Gasteiger partial charge in [0.05, 0.1) is 33.1 Å². The van der Waals surface area contributed by atoms with E-state index in [0.717, 1.165) is 5.56 Å². The number of fused-ring (bicyclic) bond motifs is 1. The molecule has 0 fully saturated rings. The number of quaternary nitrogens is 1. The van der Waals surface area contributed by atoms with Gasteiger partial charge in [0, 0.05) is 11.8 Å². The van der Waals surface area contributed by atoms with E-state index in [1.54, 1.807) is 0 Å². The van der Waals surface area contributed by atoms with Gasteiger partial charge in [-0.2, -0.15) is 0 Å². The number of hydrogen-bond acceptors (Lipinski definition) is 4. The summed E-state index contributed by atoms with van der Waals surface area (Å²) >= 11 is 0. The minimum absolute atomic E-state index is 0.00488. The lowest BCUT2D eigenvalue weighted by Crippen LogP contribution is -2.39. The number of benzene rings is 2. The highest BCUT2D eigenvalue weighted by Gasteiger charge is 2.33. The Labute approximate surface area is 162 Å². The van der Waals surface area contributed by atoms with Crippen molar-refractivity contribution in [3.63, 3.8) is 0 Å². The first-order chi connectivity index (χ1) is 13.2. The van der Waals surface area contributed by atoms with Crippen molar-refractivity contribution in [1.82, 2.24) is 0 Å². The Balaban J connectivity index is 2.25. The summed E-state index contributed by atoms with van der Waals surface area (Å²) in [6.07, 6.45) is 0.401. The fourth-order valence-corrected chi connectivity index (χ4v) is 3.62. The largest absolute Gasteiger partial charge is 0.481 e. The number of aliphatic carboxylic acids is 1. The van der Waals surface area contributed by atoms with Crippen molar-refractivity contribution in [3.05, 3.63) is 64.2 Å². The molecule has 1 unspecified atom stereocenters. The molecule has 2 aromatic carbocycles. The molecule has 28 heavy (non-hydrogen) atoms. The minimum Gasteiger partial charge on any atom is -0.481 e. The van der Waals surface area contributed by atoms with Gasteiger partial charge in [-0.25, -0.2) is 0 Å². The van der Waals surface area contributed by atoms with E-state index >= 15 is 0 Å². The number of carbonyl (C=O) groups is 1. The Bertz CT molecular complexity index is 1020. The summed E-state index contributed by atoms with van der Waals surface area (Å²) in [5.41, 5.74) is 2.37. The van der Waals surface area contributed by atoms with Crippen molar-refractivity contribution < 1.29 is 23.7 Å². The molecule has 0 amide bonds. The van der Waals surface area contributed by atoms with Gasteiger partial charge < -0.3 is 14.0 Å². The van der Waals surface area contributed by atoms with E-state index in [4.69, 9.17) is 9.52 Å². The van der Waals surface area contributed by atoms with Crippen LogP contribution in [-0.4, -0.2) is 41.6 Å². The first-order valence-corrected chi connectivity index (χ1v) is 8.98. The van der Waals surface area contributed by atoms with E-state index < -0.39 is 10.9 Å². The van der Waals surface area contributed by atoms with Crippen LogP contribution in [-0.2, 0) is 4.79 Å². The Morgan fingerprint density at radius 3 is 2.39 bits per heavy atom. The van der Waals surface area contributed by atoms with Gasteiger partial charge >= 0.3 is 11.9 Å². The van der Waals surface area contributed by atoms with Crippen molar-refractivity contribution in [1.29, 1.82) is 0 Å². The molecule has 0 saturated carbocycles. The number of hydrogen-bond donors (Lipinski definition) is 1. The molecular formula is C21H23N2O5+. The molecule has 1 atom stereocenters. The Morgan fingerprint density at radius 1 is 1.14 bits per heavy atom. The molecule has 3 aromatic rings. The standard InChI is InChI=1S/C21H22N2O5/c1-23(2,3)17(12-13-18(24)25)15-10-7-11-16-19(14-8-5-4-6-9-14)21(22(26)27)28-20(15)16/h4-11,17H,12-13H2,1-3H3/p+1. The van der Waals surface area contributed by atoms with E-state index in [1.165, 1.54) is 0 Å². The van der Waals surface area contributed by atoms with E-state index in [-0.39, 0.29) is 18.3 Å². The lowest BCUT2D eigenvalue weighted by molar-refractivity contribution is -0.902. The first-order valence-electron chi connectivity index (χ1n) is 8.98. The van der Waals surface area contributed by atoms with E-state index in [1.807, 2.05) is 69.7 Å². The summed E-state index contributed by atoms with van der Waals surface area (Å²) in [6.45, 7) is 0. The first kappa shape index (κ1) is 19.6. The van der Waals surface area contributed by atoms with E-state index in [2.05, 4.69) is 0 Å². The van der Waals surface area contributed by atoms with Crippen LogP contribution in [0.2, 0.25) is 0 Å². The molecule has 0 saturated heterocycles. The summed E-state index contributed by atoms with van der Waals surface area (Å²) in [4.78, 5) is 22.3. The number of furan rings is 1. The average Bonchev–Trinajstić information content (AvgIpc) is 3.02. The molecule has 146 valence electrons. The lowest BCUT2D eigenvalue weighted by atomic mass is 9.95. The Kier molecular flexibility index (Phi) is 5.20. The molecule has 1 heterocycles. The summed E-state index contributed by atoms with van der Waals surface area (Å²) in [5, 5.41) is 21.5. The molecule has 0 aliphatic rings. The zero-order chi connectivity index (χ0) is 20.5. The SMILES string of the molecule is C[N+](C)(C)C(CCC(=O)O)c1cccc2c(-c3ccccc3)c([N+](=O)[O-])oc12. The second kappa shape index (κ2) is 7.44. The van der Waals surface area contributed by atoms with Gasteiger partial charge in [0.1, 0.15) is 16.5 Å². The zero-order valence-corrected chi connectivity index (χ0v) is 16.1. The van der Waals surface area contributed by atoms with Crippen LogP contribution in [0.5, 0.6) is 0 Å². The van der Waals surface area contributed by atoms with Crippen molar-refractivity contribution in [2.75, 3.05) is 21.1 Å². The lowest BCUT2D eigenvalue weighted by Gasteiger charge is -2.34. The van der Waals surface area contributed by atoms with Gasteiger partial charge in [-0.3, -0.25) is 14.9 Å². The smallest absolute Gasteiger partial charge is 0.442 e. The highest BCUT2D eigenvalue weighted by atomic mass is 16.6. The second-order valence-electron chi connectivity index (χ2n) is 7.69. The van der Waals surface area contributed by atoms with Crippen LogP contribution in [0.3, 0.4) is 0 Å². The third kappa shape index (κ3) is 3.75. The third-order valence-electron chi connectivity index (χ3n) is 4.88. The Morgan fingerprint density at radius 2 is 1.82 bits per heavy atom. The highest BCUT2D eigenvalue weighted by Crippen LogP contribution is 2.43. The minimum atomic E-state index is -0.874. The predicted octanol–water partition coefficient (Wildman–Crippen LogP) is 4.62. The van der Waals surface area contributed by atoms with Crippen LogP contribution in [0.25, 0.3) is 22.1 Å². The van der Waals surface area contributed by atoms with Gasteiger partial charge in [-0.15, -0.1) is 0 Å². The number of carboxylic acid groups (broad SMARTS) is 1. The second-order valence-corrected chi connectivity index (χ2v) is 7.69. The molecule has 0 aliphatic carbocycles. The number of rotatable bonds is 7. The highest BCUT2D eigenvalue weighted by molar-refractivity contribution is 6.00. The summed E-state index contributed by atoms with van der Waals surface area (Å²) in [7, 11) is 5.92. The van der Waals surface area contributed by atoms with Gasteiger partial charge in [-0.1, -0.05) is 42.5 Å². The van der Waals surface area contributed by atoms with Gasteiger partial charge in [0.25, 0.3) is 0 Å². The maximum Gasteiger partial charge on any atom is 0.442 e. The summed E-state index contributed by atoms with van der Waals surface area (Å²) in [5.74, 6) is -1.17. The van der Waals surface area contributed by atoms with Crippen molar-refractivity contribution in [2.24, 2.45) is 0 Å². The Hall–Kier alpha value is -3.19. The number of nitrogens with zero attached hydrogens (tertiary/aromatic N) is 2. The average molecular weight is 383 g/mol. The predicted molar refractivity (Wildman–Crippen MR) is 106 cm³/mol. The van der Waals surface area contributed by atoms with Gasteiger partial charge in [-0.05, 0) is 11.6 Å². The maximum atomic E-state index is 11.7. The van der Waals surface area contributed by atoms with Crippen LogP contribution in [0.4, 0.5) is 5.88 Å². The molecule has 7 nitrogen and oxygen atoms in total. The van der Waals surface area contributed by atoms with Crippen LogP contribution in [0, 0.1) is 10.1 Å². The quantitative estimate of drug-likeness (QED) is 0.365. The number of para-hydroxylation sites is 1.